The molecular weight excluding hydrogens is 324 g/mol. The summed E-state index contributed by atoms with van der Waals surface area (Å²) in [5.41, 5.74) is 8.13. The molecule has 0 radical (unpaired) electrons. The Balaban J connectivity index is 1.42. The first-order chi connectivity index (χ1) is 13.3. The van der Waals surface area contributed by atoms with Gasteiger partial charge in [-0.3, -0.25) is 0 Å². The van der Waals surface area contributed by atoms with Crippen molar-refractivity contribution in [1.29, 1.82) is 0 Å². The van der Waals surface area contributed by atoms with Crippen molar-refractivity contribution in [3.8, 4) is 11.1 Å². The molecule has 3 aliphatic rings. The van der Waals surface area contributed by atoms with Crippen LogP contribution in [0.1, 0.15) is 49.7 Å². The van der Waals surface area contributed by atoms with Crippen LogP contribution in [0.15, 0.2) is 66.2 Å². The second-order valence-electron chi connectivity index (χ2n) is 9.21. The molecule has 3 aromatic carbocycles. The highest BCUT2D eigenvalue weighted by atomic mass is 14.5. The van der Waals surface area contributed by atoms with Crippen molar-refractivity contribution in [3.05, 3.63) is 77.4 Å². The molecule has 134 valence electrons. The van der Waals surface area contributed by atoms with E-state index >= 15 is 0 Å². The molecule has 6 rings (SSSR count). The first-order valence-corrected chi connectivity index (χ1v) is 10.6. The number of allylic oxidation sites excluding steroid dienone is 1. The fraction of sp³-hybridized carbons (Fsp3) is 0.333. The SMILES string of the molecule is C1=C(CC23CCC(CC2)C3)Cc2cccc(-c3cccc4ccccc34)c21. The third-order valence-corrected chi connectivity index (χ3v) is 7.53. The molecular formula is C27H26. The molecule has 3 aromatic rings. The molecule has 0 aromatic heterocycles. The van der Waals surface area contributed by atoms with Gasteiger partial charge in [-0.2, -0.15) is 0 Å². The summed E-state index contributed by atoms with van der Waals surface area (Å²) < 4.78 is 0. The molecule has 0 unspecified atom stereocenters. The molecule has 3 aliphatic carbocycles. The predicted octanol–water partition coefficient (Wildman–Crippen LogP) is 7.42. The van der Waals surface area contributed by atoms with Crippen molar-refractivity contribution in [1.82, 2.24) is 0 Å². The Hall–Kier alpha value is -2.34. The minimum atomic E-state index is 0.651. The Morgan fingerprint density at radius 1 is 0.815 bits per heavy atom. The van der Waals surface area contributed by atoms with E-state index in [1.165, 1.54) is 78.0 Å². The van der Waals surface area contributed by atoms with E-state index in [0.29, 0.717) is 5.41 Å². The number of fused-ring (bicyclic) bond motifs is 4. The Kier molecular flexibility index (Phi) is 3.39. The van der Waals surface area contributed by atoms with Crippen LogP contribution >= 0.6 is 0 Å². The molecule has 0 nitrogen and oxygen atoms in total. The van der Waals surface area contributed by atoms with E-state index in [1.807, 2.05) is 0 Å². The molecule has 0 heterocycles. The van der Waals surface area contributed by atoms with E-state index in [4.69, 9.17) is 0 Å². The third-order valence-electron chi connectivity index (χ3n) is 7.53. The maximum atomic E-state index is 2.55. The van der Waals surface area contributed by atoms with E-state index in [0.717, 1.165) is 5.92 Å². The van der Waals surface area contributed by atoms with Gasteiger partial charge in [-0.15, -0.1) is 0 Å². The van der Waals surface area contributed by atoms with Gasteiger partial charge in [0.25, 0.3) is 0 Å². The Labute approximate surface area is 161 Å². The van der Waals surface area contributed by atoms with Crippen molar-refractivity contribution in [2.75, 3.05) is 0 Å². The molecule has 0 atom stereocenters. The molecule has 0 spiro atoms. The second kappa shape index (κ2) is 5.83. The molecule has 0 amide bonds. The average Bonchev–Trinajstić information content (AvgIpc) is 3.41. The summed E-state index contributed by atoms with van der Waals surface area (Å²) in [6.45, 7) is 0. The van der Waals surface area contributed by atoms with Crippen LogP contribution in [0.25, 0.3) is 28.0 Å². The summed E-state index contributed by atoms with van der Waals surface area (Å²) in [5.74, 6) is 1.04. The van der Waals surface area contributed by atoms with Crippen LogP contribution in [-0.2, 0) is 6.42 Å². The smallest absolute Gasteiger partial charge is 0.00574 e. The predicted molar refractivity (Wildman–Crippen MR) is 115 cm³/mol. The highest BCUT2D eigenvalue weighted by Gasteiger charge is 2.45. The number of rotatable bonds is 3. The van der Waals surface area contributed by atoms with Crippen LogP contribution < -0.4 is 0 Å². The monoisotopic (exact) mass is 350 g/mol. The summed E-state index contributed by atoms with van der Waals surface area (Å²) in [6, 6.07) is 22.4. The second-order valence-corrected chi connectivity index (χ2v) is 9.21. The molecule has 0 heteroatoms. The van der Waals surface area contributed by atoms with Gasteiger partial charge in [0, 0.05) is 0 Å². The maximum Gasteiger partial charge on any atom is -0.00574 e. The van der Waals surface area contributed by atoms with Crippen molar-refractivity contribution in [2.45, 2.75) is 44.9 Å². The lowest BCUT2D eigenvalue weighted by Gasteiger charge is -2.27. The first kappa shape index (κ1) is 15.7. The van der Waals surface area contributed by atoms with Crippen molar-refractivity contribution in [2.24, 2.45) is 11.3 Å². The highest BCUT2D eigenvalue weighted by molar-refractivity contribution is 5.99. The van der Waals surface area contributed by atoms with Crippen LogP contribution in [0.2, 0.25) is 0 Å². The van der Waals surface area contributed by atoms with Crippen LogP contribution in [0.3, 0.4) is 0 Å². The van der Waals surface area contributed by atoms with Crippen LogP contribution in [0.4, 0.5) is 0 Å². The van der Waals surface area contributed by atoms with Crippen molar-refractivity contribution in [3.63, 3.8) is 0 Å². The summed E-state index contributed by atoms with van der Waals surface area (Å²) in [5, 5.41) is 2.69. The van der Waals surface area contributed by atoms with Gasteiger partial charge in [0.1, 0.15) is 0 Å². The van der Waals surface area contributed by atoms with Gasteiger partial charge in [0.05, 0.1) is 0 Å². The minimum absolute atomic E-state index is 0.651. The molecule has 0 N–H and O–H groups in total. The quantitative estimate of drug-likeness (QED) is 0.461. The van der Waals surface area contributed by atoms with Gasteiger partial charge >= 0.3 is 0 Å². The zero-order chi connectivity index (χ0) is 17.8. The molecule has 2 saturated carbocycles. The van der Waals surface area contributed by atoms with E-state index in [-0.39, 0.29) is 0 Å². The fourth-order valence-corrected chi connectivity index (χ4v) is 6.29. The lowest BCUT2D eigenvalue weighted by atomic mass is 9.78. The number of hydrogen-bond acceptors (Lipinski definition) is 0. The average molecular weight is 351 g/mol. The number of benzene rings is 3. The molecule has 0 aliphatic heterocycles. The molecule has 2 fully saturated rings. The van der Waals surface area contributed by atoms with Crippen molar-refractivity contribution >= 4 is 16.8 Å². The van der Waals surface area contributed by atoms with E-state index in [1.54, 1.807) is 5.57 Å². The van der Waals surface area contributed by atoms with E-state index in [2.05, 4.69) is 66.7 Å². The summed E-state index contributed by atoms with van der Waals surface area (Å²) in [7, 11) is 0. The molecule has 27 heavy (non-hydrogen) atoms. The summed E-state index contributed by atoms with van der Waals surface area (Å²) in [4.78, 5) is 0. The number of hydrogen-bond donors (Lipinski definition) is 0. The van der Waals surface area contributed by atoms with Gasteiger partial charge in [-0.25, -0.2) is 0 Å². The van der Waals surface area contributed by atoms with Gasteiger partial charge in [-0.05, 0) is 89.3 Å². The Morgan fingerprint density at radius 2 is 1.59 bits per heavy atom. The zero-order valence-corrected chi connectivity index (χ0v) is 15.9. The maximum absolute atomic E-state index is 2.55. The van der Waals surface area contributed by atoms with Crippen LogP contribution in [-0.4, -0.2) is 0 Å². The topological polar surface area (TPSA) is 0 Å². The third kappa shape index (κ3) is 2.50. The van der Waals surface area contributed by atoms with Crippen molar-refractivity contribution < 1.29 is 0 Å². The minimum Gasteiger partial charge on any atom is -0.0646 e. The highest BCUT2D eigenvalue weighted by Crippen LogP contribution is 2.57. The fourth-order valence-electron chi connectivity index (χ4n) is 6.29. The van der Waals surface area contributed by atoms with Crippen LogP contribution in [0, 0.1) is 11.3 Å². The van der Waals surface area contributed by atoms with Gasteiger partial charge in [0.2, 0.25) is 0 Å². The van der Waals surface area contributed by atoms with Gasteiger partial charge in [-0.1, -0.05) is 72.3 Å². The standard InChI is InChI=1S/C27H26/c1-2-8-23-21(5-1)6-3-9-24(23)25-10-4-7-22-15-20(16-26(22)25)18-27-13-11-19(17-27)12-14-27/h1-10,16,19H,11-15,17-18H2. The van der Waals surface area contributed by atoms with Gasteiger partial charge < -0.3 is 0 Å². The zero-order valence-electron chi connectivity index (χ0n) is 15.9. The molecule has 0 saturated heterocycles. The lowest BCUT2D eigenvalue weighted by molar-refractivity contribution is 0.291. The first-order valence-electron chi connectivity index (χ1n) is 10.6. The Bertz CT molecular complexity index is 1060. The van der Waals surface area contributed by atoms with E-state index in [9.17, 15) is 0 Å². The van der Waals surface area contributed by atoms with Crippen LogP contribution in [0.5, 0.6) is 0 Å². The summed E-state index contributed by atoms with van der Waals surface area (Å²) >= 11 is 0. The lowest BCUT2D eigenvalue weighted by Crippen LogP contribution is -2.14. The normalized spacial score (nSPS) is 25.8. The molecule has 2 bridgehead atoms. The largest absolute Gasteiger partial charge is 0.0646 e. The Morgan fingerprint density at radius 3 is 2.44 bits per heavy atom. The summed E-state index contributed by atoms with van der Waals surface area (Å²) in [6.07, 6.45) is 12.5. The van der Waals surface area contributed by atoms with E-state index < -0.39 is 0 Å². The van der Waals surface area contributed by atoms with Gasteiger partial charge in [0.15, 0.2) is 0 Å².